The molecule has 0 saturated carbocycles. The van der Waals surface area contributed by atoms with E-state index < -0.39 is 5.91 Å². The molecule has 324 valence electrons. The van der Waals surface area contributed by atoms with Crippen molar-refractivity contribution in [2.45, 2.75) is 57.8 Å². The van der Waals surface area contributed by atoms with Crippen LogP contribution in [0.4, 0.5) is 11.6 Å². The van der Waals surface area contributed by atoms with Gasteiger partial charge in [-0.15, -0.1) is 0 Å². The monoisotopic (exact) mass is 819 g/mol. The fourth-order valence-corrected chi connectivity index (χ4v) is 6.62. The summed E-state index contributed by atoms with van der Waals surface area (Å²) in [6, 6.07) is 8.37. The Labute approximate surface area is 347 Å². The van der Waals surface area contributed by atoms with Crippen molar-refractivity contribution in [3.8, 4) is 5.75 Å². The number of hydrogen-bond donors (Lipinski definition) is 9. The van der Waals surface area contributed by atoms with Gasteiger partial charge in [0.2, 0.25) is 0 Å². The Hall–Kier alpha value is -3.35. The molecular formula is C40H75ClN14O2. The van der Waals surface area contributed by atoms with E-state index in [0.717, 1.165) is 123 Å². The number of guanidine groups is 1. The second-order valence-corrected chi connectivity index (χ2v) is 14.8. The van der Waals surface area contributed by atoms with Crippen molar-refractivity contribution in [2.75, 3.05) is 138 Å². The molecule has 2 rings (SSSR count). The summed E-state index contributed by atoms with van der Waals surface area (Å²) in [6.07, 6.45) is 9.61. The van der Waals surface area contributed by atoms with Crippen LogP contribution in [0.15, 0.2) is 24.3 Å². The molecule has 1 aromatic carbocycles. The molecule has 0 atom stereocenters. The zero-order chi connectivity index (χ0) is 41.5. The number of hydrogen-bond acceptors (Lipinski definition) is 14. The molecule has 0 aliphatic heterocycles. The standard InChI is InChI=1S/C40H75ClN14O2/c1-45-18-7-23-53(24-8-19-46-2)27-11-29-55(30-12-28-54(25-9-20-47-3)26-10-21-48-4)31-32-57-34-16-14-33(15-17-34)13-5-6-22-49-40(44)52-39(56)35-37(42)51-38(43)36(41)50-35/h14-17,45-48H,5-13,18-32H2,1-4H3,(H4,42,43,51)(H3,44,49,52,56). The lowest BCUT2D eigenvalue weighted by molar-refractivity contribution is 0.0971. The van der Waals surface area contributed by atoms with Crippen LogP contribution in [0.2, 0.25) is 5.15 Å². The van der Waals surface area contributed by atoms with E-state index in [9.17, 15) is 4.79 Å². The van der Waals surface area contributed by atoms with Gasteiger partial charge in [-0.2, -0.15) is 0 Å². The number of halogens is 1. The van der Waals surface area contributed by atoms with Crippen LogP contribution in [-0.2, 0) is 6.42 Å². The summed E-state index contributed by atoms with van der Waals surface area (Å²) in [6.45, 7) is 15.2. The van der Waals surface area contributed by atoms with Crippen LogP contribution < -0.4 is 48.1 Å². The smallest absolute Gasteiger partial charge is 0.280 e. The summed E-state index contributed by atoms with van der Waals surface area (Å²) in [4.78, 5) is 27.9. The van der Waals surface area contributed by atoms with Gasteiger partial charge >= 0.3 is 0 Å². The lowest BCUT2D eigenvalue weighted by Crippen LogP contribution is -2.41. The number of benzene rings is 1. The van der Waals surface area contributed by atoms with Crippen molar-refractivity contribution in [3.63, 3.8) is 0 Å². The van der Waals surface area contributed by atoms with E-state index in [4.69, 9.17) is 33.2 Å². The van der Waals surface area contributed by atoms with Crippen molar-refractivity contribution >= 4 is 35.1 Å². The van der Waals surface area contributed by atoms with Gasteiger partial charge in [-0.1, -0.05) is 23.7 Å². The first kappa shape index (κ1) is 49.8. The fraction of sp³-hybridized carbons (Fsp3) is 0.700. The number of rotatable bonds is 34. The second kappa shape index (κ2) is 31.6. The highest BCUT2D eigenvalue weighted by atomic mass is 35.5. The van der Waals surface area contributed by atoms with E-state index >= 15 is 0 Å². The van der Waals surface area contributed by atoms with E-state index in [0.29, 0.717) is 13.2 Å². The van der Waals surface area contributed by atoms with Gasteiger partial charge in [0.05, 0.1) is 0 Å². The predicted molar refractivity (Wildman–Crippen MR) is 237 cm³/mol. The minimum absolute atomic E-state index is 0.0602. The number of nitrogens with two attached hydrogens (primary N) is 2. The third kappa shape index (κ3) is 23.0. The van der Waals surface area contributed by atoms with Crippen LogP contribution >= 0.6 is 11.6 Å². The minimum Gasteiger partial charge on any atom is -0.492 e. The lowest BCUT2D eigenvalue weighted by atomic mass is 10.1. The quantitative estimate of drug-likeness (QED) is 0.0282. The first-order valence-electron chi connectivity index (χ1n) is 20.9. The molecule has 2 aromatic rings. The molecule has 0 aliphatic carbocycles. The first-order chi connectivity index (χ1) is 27.7. The molecule has 17 heteroatoms. The van der Waals surface area contributed by atoms with Crippen LogP contribution in [0.3, 0.4) is 0 Å². The second-order valence-electron chi connectivity index (χ2n) is 14.4. The number of nitrogen functional groups attached to an aromatic ring is 2. The Bertz CT molecular complexity index is 1310. The number of unbranched alkanes of at least 4 members (excludes halogenated alkanes) is 1. The summed E-state index contributed by atoms with van der Waals surface area (Å²) in [5.74, 6) is -0.162. The minimum atomic E-state index is -0.683. The summed E-state index contributed by atoms with van der Waals surface area (Å²) >= 11 is 5.86. The fourth-order valence-electron chi connectivity index (χ4n) is 6.50. The molecule has 1 amide bonds. The van der Waals surface area contributed by atoms with E-state index in [1.807, 2.05) is 28.2 Å². The van der Waals surface area contributed by atoms with Gasteiger partial charge in [-0.25, -0.2) is 9.97 Å². The third-order valence-electron chi connectivity index (χ3n) is 9.65. The number of amides is 1. The molecule has 0 spiro atoms. The predicted octanol–water partition coefficient (Wildman–Crippen LogP) is 2.07. The average Bonchev–Trinajstić information content (AvgIpc) is 3.19. The van der Waals surface area contributed by atoms with Gasteiger partial charge in [0.15, 0.2) is 28.4 Å². The molecule has 0 fully saturated rings. The summed E-state index contributed by atoms with van der Waals surface area (Å²) in [5.41, 5.74) is 12.3. The van der Waals surface area contributed by atoms with Crippen LogP contribution in [0.25, 0.3) is 0 Å². The Morgan fingerprint density at radius 1 is 0.649 bits per heavy atom. The normalized spacial score (nSPS) is 11.5. The third-order valence-corrected chi connectivity index (χ3v) is 9.93. The highest BCUT2D eigenvalue weighted by Gasteiger charge is 2.17. The topological polar surface area (TPSA) is 210 Å². The molecule has 1 heterocycles. The molecule has 0 saturated heterocycles. The summed E-state index contributed by atoms with van der Waals surface area (Å²) in [7, 11) is 8.12. The SMILES string of the molecule is CNCCCN(CCCNC)CCCN(CCCN(CCCNC)CCCNC)CCOc1ccc(CCCCNC(=N)NC(=O)c2nc(Cl)c(N)nc2N)cc1. The maximum atomic E-state index is 12.4. The Morgan fingerprint density at radius 2 is 1.12 bits per heavy atom. The molecule has 0 radical (unpaired) electrons. The number of aryl methyl sites for hydroxylation is 1. The van der Waals surface area contributed by atoms with Gasteiger partial charge in [0.1, 0.15) is 12.4 Å². The Morgan fingerprint density at radius 3 is 1.61 bits per heavy atom. The highest BCUT2D eigenvalue weighted by molar-refractivity contribution is 6.31. The zero-order valence-electron chi connectivity index (χ0n) is 35.4. The number of aromatic nitrogens is 2. The van der Waals surface area contributed by atoms with Gasteiger partial charge in [-0.3, -0.25) is 20.4 Å². The van der Waals surface area contributed by atoms with Crippen molar-refractivity contribution in [2.24, 2.45) is 0 Å². The Kier molecular flexibility index (Phi) is 27.6. The number of nitrogens with one attached hydrogen (secondary N) is 7. The molecule has 0 unspecified atom stereocenters. The molecular weight excluding hydrogens is 744 g/mol. The van der Waals surface area contributed by atoms with Crippen LogP contribution in [0.5, 0.6) is 5.75 Å². The Balaban J connectivity index is 1.82. The molecule has 0 aliphatic rings. The number of nitrogens with zero attached hydrogens (tertiary/aromatic N) is 5. The van der Waals surface area contributed by atoms with E-state index in [1.54, 1.807) is 0 Å². The molecule has 11 N–H and O–H groups in total. The largest absolute Gasteiger partial charge is 0.492 e. The van der Waals surface area contributed by atoms with Crippen LogP contribution in [0, 0.1) is 5.41 Å². The van der Waals surface area contributed by atoms with Crippen LogP contribution in [0.1, 0.15) is 67.4 Å². The van der Waals surface area contributed by atoms with E-state index in [1.165, 1.54) is 31.2 Å². The highest BCUT2D eigenvalue weighted by Crippen LogP contribution is 2.17. The number of carbonyl (C=O) groups excluding carboxylic acids is 1. The van der Waals surface area contributed by atoms with E-state index in [2.05, 4.69) is 80.8 Å². The maximum Gasteiger partial charge on any atom is 0.280 e. The van der Waals surface area contributed by atoms with Gasteiger partial charge in [0.25, 0.3) is 5.91 Å². The number of carbonyl (C=O) groups is 1. The summed E-state index contributed by atoms with van der Waals surface area (Å²) < 4.78 is 6.27. The molecule has 57 heavy (non-hydrogen) atoms. The van der Waals surface area contributed by atoms with Crippen molar-refractivity contribution in [3.05, 3.63) is 40.7 Å². The van der Waals surface area contributed by atoms with Crippen molar-refractivity contribution in [1.29, 1.82) is 5.41 Å². The maximum absolute atomic E-state index is 12.4. The van der Waals surface area contributed by atoms with Gasteiger partial charge in [0, 0.05) is 13.1 Å². The average molecular weight is 820 g/mol. The molecule has 1 aromatic heterocycles. The summed E-state index contributed by atoms with van der Waals surface area (Å²) in [5, 5.41) is 26.4. The lowest BCUT2D eigenvalue weighted by Gasteiger charge is -2.27. The van der Waals surface area contributed by atoms with Gasteiger partial charge in [-0.05, 0) is 182 Å². The number of anilines is 2. The van der Waals surface area contributed by atoms with Crippen molar-refractivity contribution in [1.82, 2.24) is 56.6 Å². The van der Waals surface area contributed by atoms with Gasteiger partial charge < -0.3 is 52.6 Å². The van der Waals surface area contributed by atoms with Crippen molar-refractivity contribution < 1.29 is 9.53 Å². The first-order valence-corrected chi connectivity index (χ1v) is 21.3. The van der Waals surface area contributed by atoms with E-state index in [-0.39, 0.29) is 28.4 Å². The number of ether oxygens (including phenoxy) is 1. The zero-order valence-corrected chi connectivity index (χ0v) is 36.1. The molecule has 16 nitrogen and oxygen atoms in total. The van der Waals surface area contributed by atoms with Crippen LogP contribution in [-0.4, -0.2) is 163 Å². The molecule has 0 bridgehead atoms.